The van der Waals surface area contributed by atoms with Gasteiger partial charge in [0, 0.05) is 62.9 Å². The zero-order valence-electron chi connectivity index (χ0n) is 18.1. The van der Waals surface area contributed by atoms with Crippen molar-refractivity contribution in [3.8, 4) is 0 Å². The number of carbonyl (C=O) groups excluding carboxylic acids is 1. The molecule has 1 aliphatic heterocycles. The molecule has 0 bridgehead atoms. The van der Waals surface area contributed by atoms with Gasteiger partial charge in [0.15, 0.2) is 0 Å². The fourth-order valence-electron chi connectivity index (χ4n) is 3.74. The lowest BCUT2D eigenvalue weighted by Gasteiger charge is -2.35. The molecule has 0 unspecified atom stereocenters. The molecule has 0 spiro atoms. The largest absolute Gasteiger partial charge is 0.375 e. The first-order valence-electron chi connectivity index (χ1n) is 10.8. The number of hydrogen-bond donors (Lipinski definition) is 1. The first-order valence-corrected chi connectivity index (χ1v) is 10.8. The zero-order valence-corrected chi connectivity index (χ0v) is 18.1. The van der Waals surface area contributed by atoms with Crippen LogP contribution in [0.4, 0.5) is 17.1 Å². The smallest absolute Gasteiger partial charge is 0.292 e. The van der Waals surface area contributed by atoms with Crippen molar-refractivity contribution in [3.63, 3.8) is 0 Å². The molecule has 1 N–H and O–H groups in total. The van der Waals surface area contributed by atoms with Crippen molar-refractivity contribution < 1.29 is 9.72 Å². The molecular formula is C25H25N5O3. The maximum Gasteiger partial charge on any atom is 0.292 e. The average molecular weight is 444 g/mol. The van der Waals surface area contributed by atoms with Crippen LogP contribution in [0.5, 0.6) is 0 Å². The summed E-state index contributed by atoms with van der Waals surface area (Å²) < 4.78 is 0. The minimum Gasteiger partial charge on any atom is -0.375 e. The number of benzene rings is 2. The van der Waals surface area contributed by atoms with Gasteiger partial charge in [-0.1, -0.05) is 36.4 Å². The topological polar surface area (TPSA) is 91.6 Å². The van der Waals surface area contributed by atoms with Gasteiger partial charge in [-0.2, -0.15) is 0 Å². The molecule has 2 heterocycles. The number of carbonyl (C=O) groups is 1. The van der Waals surface area contributed by atoms with E-state index in [0.717, 1.165) is 16.8 Å². The molecular weight excluding hydrogens is 418 g/mol. The monoisotopic (exact) mass is 443 g/mol. The standard InChI is InChI=1S/C25H25N5O3/c31-25(11-8-20-5-2-1-3-6-20)29-15-13-28(14-16-29)22-9-10-24(30(32)33)23(17-22)27-19-21-7-4-12-26-18-21/h1-12,17-18,27H,13-16,19H2. The van der Waals surface area contributed by atoms with E-state index in [1.807, 2.05) is 53.4 Å². The molecule has 3 aromatic rings. The van der Waals surface area contributed by atoms with Crippen LogP contribution in [0.2, 0.25) is 0 Å². The maximum atomic E-state index is 12.5. The molecule has 0 aliphatic carbocycles. The third kappa shape index (κ3) is 5.74. The van der Waals surface area contributed by atoms with E-state index in [9.17, 15) is 14.9 Å². The summed E-state index contributed by atoms with van der Waals surface area (Å²) in [6.45, 7) is 2.94. The van der Waals surface area contributed by atoms with Crippen LogP contribution in [0.25, 0.3) is 6.08 Å². The summed E-state index contributed by atoms with van der Waals surface area (Å²) in [4.78, 5) is 31.7. The number of pyridine rings is 1. The Kier molecular flexibility index (Phi) is 6.94. The maximum absolute atomic E-state index is 12.5. The SMILES string of the molecule is O=C(C=Cc1ccccc1)N1CCN(c2ccc([N+](=O)[O-])c(NCc3cccnc3)c2)CC1. The van der Waals surface area contributed by atoms with Gasteiger partial charge >= 0.3 is 0 Å². The highest BCUT2D eigenvalue weighted by Gasteiger charge is 2.22. The highest BCUT2D eigenvalue weighted by molar-refractivity contribution is 5.92. The van der Waals surface area contributed by atoms with Crippen LogP contribution < -0.4 is 10.2 Å². The predicted octanol–water partition coefficient (Wildman–Crippen LogP) is 3.96. The quantitative estimate of drug-likeness (QED) is 0.338. The van der Waals surface area contributed by atoms with E-state index in [2.05, 4.69) is 15.2 Å². The highest BCUT2D eigenvalue weighted by atomic mass is 16.6. The van der Waals surface area contributed by atoms with Gasteiger partial charge in [-0.05, 0) is 35.4 Å². The van der Waals surface area contributed by atoms with E-state index in [-0.39, 0.29) is 16.5 Å². The number of rotatable bonds is 7. The summed E-state index contributed by atoms with van der Waals surface area (Å²) in [5.41, 5.74) is 3.31. The molecule has 1 aliphatic rings. The van der Waals surface area contributed by atoms with Crippen LogP contribution in [-0.4, -0.2) is 46.9 Å². The van der Waals surface area contributed by atoms with Crippen LogP contribution in [-0.2, 0) is 11.3 Å². The molecule has 168 valence electrons. The Hall–Kier alpha value is -4.20. The van der Waals surface area contributed by atoms with Crippen molar-refractivity contribution in [2.45, 2.75) is 6.54 Å². The Labute approximate surface area is 192 Å². The molecule has 1 fully saturated rings. The number of nitrogens with zero attached hydrogens (tertiary/aromatic N) is 4. The van der Waals surface area contributed by atoms with Crippen molar-refractivity contribution in [3.05, 3.63) is 100 Å². The van der Waals surface area contributed by atoms with E-state index in [1.165, 1.54) is 6.07 Å². The summed E-state index contributed by atoms with van der Waals surface area (Å²) in [5, 5.41) is 14.7. The minimum absolute atomic E-state index is 0.0129. The summed E-state index contributed by atoms with van der Waals surface area (Å²) in [5.74, 6) is -0.0129. The predicted molar refractivity (Wildman–Crippen MR) is 129 cm³/mol. The van der Waals surface area contributed by atoms with Gasteiger partial charge in [0.05, 0.1) is 4.92 Å². The summed E-state index contributed by atoms with van der Waals surface area (Å²) >= 11 is 0. The molecule has 0 saturated carbocycles. The van der Waals surface area contributed by atoms with Gasteiger partial charge in [-0.15, -0.1) is 0 Å². The summed E-state index contributed by atoms with van der Waals surface area (Å²) in [6.07, 6.45) is 6.85. The van der Waals surface area contributed by atoms with Gasteiger partial charge in [-0.25, -0.2) is 0 Å². The minimum atomic E-state index is -0.384. The van der Waals surface area contributed by atoms with Gasteiger partial charge < -0.3 is 15.1 Å². The molecule has 0 atom stereocenters. The third-order valence-electron chi connectivity index (χ3n) is 5.56. The Bertz CT molecular complexity index is 1130. The second-order valence-corrected chi connectivity index (χ2v) is 7.73. The molecule has 2 aromatic carbocycles. The number of nitro benzene ring substituents is 1. The van der Waals surface area contributed by atoms with E-state index in [1.54, 1.807) is 30.6 Å². The van der Waals surface area contributed by atoms with Crippen molar-refractivity contribution >= 4 is 29.0 Å². The summed E-state index contributed by atoms with van der Waals surface area (Å²) in [7, 11) is 0. The van der Waals surface area contributed by atoms with Crippen molar-refractivity contribution in [1.82, 2.24) is 9.88 Å². The van der Waals surface area contributed by atoms with Crippen molar-refractivity contribution in [2.75, 3.05) is 36.4 Å². The number of hydrogen-bond acceptors (Lipinski definition) is 6. The lowest BCUT2D eigenvalue weighted by Crippen LogP contribution is -2.48. The fraction of sp³-hybridized carbons (Fsp3) is 0.200. The van der Waals surface area contributed by atoms with Crippen LogP contribution >= 0.6 is 0 Å². The zero-order chi connectivity index (χ0) is 23.0. The van der Waals surface area contributed by atoms with Gasteiger partial charge in [0.25, 0.3) is 5.69 Å². The first-order chi connectivity index (χ1) is 16.1. The Morgan fingerprint density at radius 3 is 2.55 bits per heavy atom. The van der Waals surface area contributed by atoms with Crippen molar-refractivity contribution in [2.24, 2.45) is 0 Å². The normalized spacial score (nSPS) is 13.8. The van der Waals surface area contributed by atoms with Crippen LogP contribution in [0.1, 0.15) is 11.1 Å². The third-order valence-corrected chi connectivity index (χ3v) is 5.56. The number of nitro groups is 1. The summed E-state index contributed by atoms with van der Waals surface area (Å²) in [6, 6.07) is 18.6. The molecule has 1 aromatic heterocycles. The van der Waals surface area contributed by atoms with Gasteiger partial charge in [0.2, 0.25) is 5.91 Å². The number of anilines is 2. The molecule has 33 heavy (non-hydrogen) atoms. The molecule has 8 nitrogen and oxygen atoms in total. The Morgan fingerprint density at radius 2 is 1.85 bits per heavy atom. The van der Waals surface area contributed by atoms with E-state index in [0.29, 0.717) is 38.4 Å². The molecule has 8 heteroatoms. The number of piperazine rings is 1. The Morgan fingerprint density at radius 1 is 1.06 bits per heavy atom. The van der Waals surface area contributed by atoms with Gasteiger partial charge in [-0.3, -0.25) is 19.9 Å². The van der Waals surface area contributed by atoms with E-state index in [4.69, 9.17) is 0 Å². The Balaban J connectivity index is 1.39. The second-order valence-electron chi connectivity index (χ2n) is 7.73. The first kappa shape index (κ1) is 22.0. The van der Waals surface area contributed by atoms with Gasteiger partial charge in [0.1, 0.15) is 5.69 Å². The molecule has 1 amide bonds. The number of aromatic nitrogens is 1. The molecule has 1 saturated heterocycles. The number of amides is 1. The molecule has 0 radical (unpaired) electrons. The van der Waals surface area contributed by atoms with E-state index < -0.39 is 0 Å². The average Bonchev–Trinajstić information content (AvgIpc) is 2.87. The van der Waals surface area contributed by atoms with E-state index >= 15 is 0 Å². The number of nitrogens with one attached hydrogen (secondary N) is 1. The fourth-order valence-corrected chi connectivity index (χ4v) is 3.74. The second kappa shape index (κ2) is 10.4. The highest BCUT2D eigenvalue weighted by Crippen LogP contribution is 2.30. The lowest BCUT2D eigenvalue weighted by molar-refractivity contribution is -0.384. The van der Waals surface area contributed by atoms with Crippen molar-refractivity contribution in [1.29, 1.82) is 0 Å². The lowest BCUT2D eigenvalue weighted by atomic mass is 10.2. The van der Waals surface area contributed by atoms with Crippen LogP contribution in [0, 0.1) is 10.1 Å². The van der Waals surface area contributed by atoms with Crippen LogP contribution in [0.15, 0.2) is 79.1 Å². The molecule has 4 rings (SSSR count). The van der Waals surface area contributed by atoms with Crippen LogP contribution in [0.3, 0.4) is 0 Å².